The molecule has 1 heterocycles. The van der Waals surface area contributed by atoms with Crippen LogP contribution in [0.4, 0.5) is 0 Å². The Balaban J connectivity index is 0.00000450. The Hall–Kier alpha value is -1.06. The quantitative estimate of drug-likeness (QED) is 0.139. The molecule has 0 aromatic heterocycles. The van der Waals surface area contributed by atoms with Gasteiger partial charge in [-0.1, -0.05) is 32.1 Å². The molecule has 7 nitrogen and oxygen atoms in total. The van der Waals surface area contributed by atoms with E-state index in [-0.39, 0.29) is 41.9 Å². The number of unbranched alkanes of at least 4 members (excludes halogenated alkanes) is 4. The van der Waals surface area contributed by atoms with Crippen molar-refractivity contribution in [3.05, 3.63) is 0 Å². The van der Waals surface area contributed by atoms with Crippen LogP contribution in [0.2, 0.25) is 0 Å². The summed E-state index contributed by atoms with van der Waals surface area (Å²) in [6.45, 7) is 4.84. The zero-order chi connectivity index (χ0) is 20.9. The van der Waals surface area contributed by atoms with Crippen LogP contribution < -0.4 is 10.6 Å². The van der Waals surface area contributed by atoms with Crippen molar-refractivity contribution >= 4 is 41.8 Å². The zero-order valence-electron chi connectivity index (χ0n) is 18.8. The molecule has 1 unspecified atom stereocenters. The Kier molecular flexibility index (Phi) is 14.1. The summed E-state index contributed by atoms with van der Waals surface area (Å²) in [6, 6.07) is 0.287. The number of esters is 1. The number of nitrogens with zero attached hydrogens (tertiary/aromatic N) is 2. The van der Waals surface area contributed by atoms with Gasteiger partial charge in [0.05, 0.1) is 6.61 Å². The number of carbonyl (C=O) groups is 2. The standard InChI is InChI=1S/C22H40N4O3.HI/c1-3-29-20(27)13-7-5-4-6-10-15-24-22(23-2)25-19-14-16-26(17-19)21(28)18-11-8-9-12-18;/h18-19H,3-17H2,1-2H3,(H2,23,24,25);1H. The fourth-order valence-corrected chi connectivity index (χ4v) is 4.26. The third-order valence-corrected chi connectivity index (χ3v) is 5.92. The minimum atomic E-state index is -0.0838. The summed E-state index contributed by atoms with van der Waals surface area (Å²) in [5.41, 5.74) is 0. The van der Waals surface area contributed by atoms with Crippen LogP contribution in [0.15, 0.2) is 4.99 Å². The molecule has 2 aliphatic rings. The first kappa shape index (κ1) is 27.0. The highest BCUT2D eigenvalue weighted by Crippen LogP contribution is 2.27. The summed E-state index contributed by atoms with van der Waals surface area (Å²) < 4.78 is 4.93. The van der Waals surface area contributed by atoms with E-state index in [0.29, 0.717) is 18.9 Å². The predicted molar refractivity (Wildman–Crippen MR) is 131 cm³/mol. The lowest BCUT2D eigenvalue weighted by Gasteiger charge is -2.21. The lowest BCUT2D eigenvalue weighted by atomic mass is 10.1. The van der Waals surface area contributed by atoms with Crippen molar-refractivity contribution in [3.63, 3.8) is 0 Å². The molecule has 0 aromatic carbocycles. The Labute approximate surface area is 199 Å². The summed E-state index contributed by atoms with van der Waals surface area (Å²) >= 11 is 0. The lowest BCUT2D eigenvalue weighted by Crippen LogP contribution is -2.45. The molecule has 0 bridgehead atoms. The number of aliphatic imine (C=N–C) groups is 1. The second kappa shape index (κ2) is 15.7. The van der Waals surface area contributed by atoms with E-state index in [1.165, 1.54) is 12.8 Å². The van der Waals surface area contributed by atoms with Crippen LogP contribution in [0.1, 0.15) is 77.6 Å². The SMILES string of the molecule is CCOC(=O)CCCCCCCNC(=NC)NC1CCN(C(=O)C2CCCC2)C1.I. The number of hydrogen-bond donors (Lipinski definition) is 2. The van der Waals surface area contributed by atoms with Crippen LogP contribution in [0.25, 0.3) is 0 Å². The van der Waals surface area contributed by atoms with Crippen molar-refractivity contribution in [2.75, 3.05) is 33.3 Å². The maximum atomic E-state index is 12.6. The summed E-state index contributed by atoms with van der Waals surface area (Å²) in [7, 11) is 1.79. The van der Waals surface area contributed by atoms with Crippen molar-refractivity contribution in [2.24, 2.45) is 10.9 Å². The number of rotatable bonds is 11. The maximum absolute atomic E-state index is 12.6. The zero-order valence-corrected chi connectivity index (χ0v) is 21.1. The molecule has 8 heteroatoms. The molecule has 1 aliphatic carbocycles. The number of guanidine groups is 1. The molecule has 1 aliphatic heterocycles. The summed E-state index contributed by atoms with van der Waals surface area (Å²) in [4.78, 5) is 30.2. The van der Waals surface area contributed by atoms with Crippen LogP contribution in [0.5, 0.6) is 0 Å². The second-order valence-electron chi connectivity index (χ2n) is 8.22. The van der Waals surface area contributed by atoms with Gasteiger partial charge in [-0.05, 0) is 39.0 Å². The normalized spacial score (nSPS) is 19.5. The first-order valence-corrected chi connectivity index (χ1v) is 11.6. The monoisotopic (exact) mass is 536 g/mol. The topological polar surface area (TPSA) is 83.0 Å². The van der Waals surface area contributed by atoms with Gasteiger partial charge in [0.2, 0.25) is 5.91 Å². The highest BCUT2D eigenvalue weighted by Gasteiger charge is 2.32. The molecular formula is C22H41IN4O3. The highest BCUT2D eigenvalue weighted by atomic mass is 127. The average Bonchev–Trinajstić information content (AvgIpc) is 3.41. The van der Waals surface area contributed by atoms with Crippen LogP contribution >= 0.6 is 24.0 Å². The van der Waals surface area contributed by atoms with Gasteiger partial charge >= 0.3 is 5.97 Å². The molecule has 2 rings (SSSR count). The Morgan fingerprint density at radius 3 is 2.47 bits per heavy atom. The van der Waals surface area contributed by atoms with Gasteiger partial charge < -0.3 is 20.3 Å². The Bertz CT molecular complexity index is 538. The minimum absolute atomic E-state index is 0. The lowest BCUT2D eigenvalue weighted by molar-refractivity contribution is -0.143. The molecule has 0 radical (unpaired) electrons. The van der Waals surface area contributed by atoms with Crippen molar-refractivity contribution in [2.45, 2.75) is 83.6 Å². The van der Waals surface area contributed by atoms with Gasteiger partial charge in [0.25, 0.3) is 0 Å². The van der Waals surface area contributed by atoms with E-state index in [2.05, 4.69) is 15.6 Å². The molecule has 0 spiro atoms. The highest BCUT2D eigenvalue weighted by molar-refractivity contribution is 14.0. The van der Waals surface area contributed by atoms with Crippen LogP contribution in [-0.4, -0.2) is 62.1 Å². The molecule has 174 valence electrons. The van der Waals surface area contributed by atoms with Crippen molar-refractivity contribution < 1.29 is 14.3 Å². The van der Waals surface area contributed by atoms with E-state index in [9.17, 15) is 9.59 Å². The van der Waals surface area contributed by atoms with Gasteiger partial charge in [0, 0.05) is 45.1 Å². The van der Waals surface area contributed by atoms with Gasteiger partial charge in [-0.25, -0.2) is 0 Å². The number of amides is 1. The van der Waals surface area contributed by atoms with Crippen molar-refractivity contribution in [1.29, 1.82) is 0 Å². The van der Waals surface area contributed by atoms with E-state index in [4.69, 9.17) is 4.74 Å². The number of nitrogens with one attached hydrogen (secondary N) is 2. The van der Waals surface area contributed by atoms with E-state index in [1.54, 1.807) is 7.05 Å². The number of hydrogen-bond acceptors (Lipinski definition) is 4. The third kappa shape index (κ3) is 9.83. The number of likely N-dealkylation sites (tertiary alicyclic amines) is 1. The first-order chi connectivity index (χ1) is 14.1. The van der Waals surface area contributed by atoms with Crippen molar-refractivity contribution in [1.82, 2.24) is 15.5 Å². The average molecular weight is 536 g/mol. The smallest absolute Gasteiger partial charge is 0.305 e. The van der Waals surface area contributed by atoms with Crippen LogP contribution in [-0.2, 0) is 14.3 Å². The van der Waals surface area contributed by atoms with Gasteiger partial charge in [0.15, 0.2) is 5.96 Å². The first-order valence-electron chi connectivity index (χ1n) is 11.6. The fraction of sp³-hybridized carbons (Fsp3) is 0.864. The third-order valence-electron chi connectivity index (χ3n) is 5.92. The van der Waals surface area contributed by atoms with Gasteiger partial charge in [-0.2, -0.15) is 0 Å². The van der Waals surface area contributed by atoms with E-state index >= 15 is 0 Å². The molecule has 1 atom stereocenters. The largest absolute Gasteiger partial charge is 0.466 e. The summed E-state index contributed by atoms with van der Waals surface area (Å²) in [5.74, 6) is 1.37. The molecule has 1 amide bonds. The van der Waals surface area contributed by atoms with Gasteiger partial charge in [-0.15, -0.1) is 24.0 Å². The molecule has 2 fully saturated rings. The summed E-state index contributed by atoms with van der Waals surface area (Å²) in [5, 5.41) is 6.85. The molecule has 2 N–H and O–H groups in total. The molecule has 1 saturated carbocycles. The predicted octanol–water partition coefficient (Wildman–Crippen LogP) is 3.46. The number of carbonyl (C=O) groups excluding carboxylic acids is 2. The van der Waals surface area contributed by atoms with Crippen LogP contribution in [0, 0.1) is 5.92 Å². The molecule has 30 heavy (non-hydrogen) atoms. The second-order valence-corrected chi connectivity index (χ2v) is 8.22. The van der Waals surface area contributed by atoms with Gasteiger partial charge in [-0.3, -0.25) is 14.6 Å². The number of halogens is 1. The summed E-state index contributed by atoms with van der Waals surface area (Å²) in [6.07, 6.45) is 11.4. The number of ether oxygens (including phenoxy) is 1. The molecular weight excluding hydrogens is 495 g/mol. The maximum Gasteiger partial charge on any atom is 0.305 e. The fourth-order valence-electron chi connectivity index (χ4n) is 4.26. The van der Waals surface area contributed by atoms with E-state index in [0.717, 1.165) is 77.0 Å². The Morgan fingerprint density at radius 1 is 1.07 bits per heavy atom. The minimum Gasteiger partial charge on any atom is -0.466 e. The molecule has 0 aromatic rings. The Morgan fingerprint density at radius 2 is 1.77 bits per heavy atom. The van der Waals surface area contributed by atoms with Crippen LogP contribution in [0.3, 0.4) is 0 Å². The van der Waals surface area contributed by atoms with Crippen molar-refractivity contribution in [3.8, 4) is 0 Å². The molecule has 1 saturated heterocycles. The van der Waals surface area contributed by atoms with E-state index in [1.807, 2.05) is 11.8 Å². The van der Waals surface area contributed by atoms with Gasteiger partial charge in [0.1, 0.15) is 0 Å². The van der Waals surface area contributed by atoms with E-state index < -0.39 is 0 Å².